The lowest BCUT2D eigenvalue weighted by Gasteiger charge is -2.33. The third kappa shape index (κ3) is 7.43. The monoisotopic (exact) mass is 386 g/mol. The lowest BCUT2D eigenvalue weighted by molar-refractivity contribution is -0.147. The number of aliphatic hydroxyl groups is 1. The second-order valence-corrected chi connectivity index (χ2v) is 8.66. The first kappa shape index (κ1) is 23.3. The third-order valence-electron chi connectivity index (χ3n) is 4.66. The Kier molecular flexibility index (Phi) is 8.64. The molecule has 1 fully saturated rings. The van der Waals surface area contributed by atoms with Crippen molar-refractivity contribution in [2.24, 2.45) is 34.1 Å². The molecule has 1 aliphatic rings. The first-order valence-corrected chi connectivity index (χ1v) is 9.34. The van der Waals surface area contributed by atoms with Gasteiger partial charge in [0.25, 0.3) is 5.91 Å². The largest absolute Gasteiger partial charge is 0.396 e. The number of rotatable bonds is 9. The summed E-state index contributed by atoms with van der Waals surface area (Å²) < 4.78 is 0. The van der Waals surface area contributed by atoms with E-state index in [4.69, 9.17) is 15.9 Å². The van der Waals surface area contributed by atoms with Crippen LogP contribution in [-0.4, -0.2) is 46.7 Å². The highest BCUT2D eigenvalue weighted by atomic mass is 16.6. The van der Waals surface area contributed by atoms with E-state index in [-0.39, 0.29) is 29.8 Å². The summed E-state index contributed by atoms with van der Waals surface area (Å²) in [6.45, 7) is 9.92. The Morgan fingerprint density at radius 2 is 1.85 bits per heavy atom. The molecule has 0 aromatic heterocycles. The van der Waals surface area contributed by atoms with Crippen LogP contribution in [0.3, 0.4) is 0 Å². The van der Waals surface area contributed by atoms with Crippen LogP contribution in [0.4, 0.5) is 0 Å². The number of hydrogen-bond acceptors (Lipinski definition) is 7. The van der Waals surface area contributed by atoms with E-state index in [0.29, 0.717) is 12.3 Å². The highest BCUT2D eigenvalue weighted by molar-refractivity contribution is 5.88. The molecule has 2 amide bonds. The number of carbonyl (C=O) groups is 2. The number of nitrogens with zero attached hydrogens (tertiary/aromatic N) is 1. The van der Waals surface area contributed by atoms with Gasteiger partial charge < -0.3 is 15.3 Å². The Hall–Kier alpha value is -1.71. The van der Waals surface area contributed by atoms with Crippen molar-refractivity contribution in [2.75, 3.05) is 6.54 Å². The van der Waals surface area contributed by atoms with Crippen LogP contribution in [-0.2, 0) is 14.4 Å². The summed E-state index contributed by atoms with van der Waals surface area (Å²) in [5.41, 5.74) is 1.08. The number of aliphatic hydroxyl groups excluding tert-OH is 1. The number of carbonyl (C=O) groups excluding carboxylic acids is 2. The summed E-state index contributed by atoms with van der Waals surface area (Å²) in [7, 11) is 0. The fourth-order valence-corrected chi connectivity index (χ4v) is 2.72. The summed E-state index contributed by atoms with van der Waals surface area (Å²) in [5.74, 6) is 3.63. The molecule has 9 nitrogen and oxygen atoms in total. The van der Waals surface area contributed by atoms with E-state index >= 15 is 0 Å². The van der Waals surface area contributed by atoms with Gasteiger partial charge in [0.1, 0.15) is 6.10 Å². The van der Waals surface area contributed by atoms with Crippen LogP contribution in [0.15, 0.2) is 4.99 Å². The smallest absolute Gasteiger partial charge is 0.272 e. The van der Waals surface area contributed by atoms with Crippen LogP contribution in [0.2, 0.25) is 0 Å². The lowest BCUT2D eigenvalue weighted by Crippen LogP contribution is -2.52. The van der Waals surface area contributed by atoms with E-state index in [1.54, 1.807) is 0 Å². The van der Waals surface area contributed by atoms with Crippen LogP contribution in [0.5, 0.6) is 0 Å². The van der Waals surface area contributed by atoms with Crippen molar-refractivity contribution in [3.63, 3.8) is 0 Å². The van der Waals surface area contributed by atoms with Crippen LogP contribution in [0.1, 0.15) is 53.9 Å². The second-order valence-electron chi connectivity index (χ2n) is 8.66. The molecule has 0 saturated heterocycles. The van der Waals surface area contributed by atoms with Crippen LogP contribution in [0, 0.1) is 23.2 Å². The van der Waals surface area contributed by atoms with E-state index in [1.165, 1.54) is 5.48 Å². The van der Waals surface area contributed by atoms with Gasteiger partial charge in [0.2, 0.25) is 11.8 Å². The minimum atomic E-state index is -1.64. The SMILES string of the molecule is CC(C)CC(C(=O)NC(CN=C(ON)C1CC1)C(C)(C)C)C(O)C(=O)NO. The molecule has 27 heavy (non-hydrogen) atoms. The molecule has 0 aromatic carbocycles. The fraction of sp³-hybridized carbons (Fsp3) is 0.833. The second kappa shape index (κ2) is 10.0. The third-order valence-corrected chi connectivity index (χ3v) is 4.66. The first-order valence-electron chi connectivity index (χ1n) is 9.34. The zero-order valence-corrected chi connectivity index (χ0v) is 16.9. The predicted octanol–water partition coefficient (Wildman–Crippen LogP) is 0.745. The summed E-state index contributed by atoms with van der Waals surface area (Å²) in [4.78, 5) is 33.7. The molecule has 0 radical (unpaired) electrons. The summed E-state index contributed by atoms with van der Waals surface area (Å²) in [6, 6.07) is -0.354. The van der Waals surface area contributed by atoms with Gasteiger partial charge >= 0.3 is 0 Å². The van der Waals surface area contributed by atoms with Crippen molar-refractivity contribution in [3.8, 4) is 0 Å². The number of nitrogens with two attached hydrogens (primary N) is 1. The number of aliphatic imine (C=N–C) groups is 1. The molecule has 0 spiro atoms. The maximum atomic E-state index is 12.8. The number of hydroxylamine groups is 1. The number of nitrogens with one attached hydrogen (secondary N) is 2. The standard InChI is InChI=1S/C18H34N4O5/c1-10(2)8-12(14(23)16(25)22-26)15(24)21-13(18(3,4)5)9-20-17(27-19)11-6-7-11/h10-14,23,26H,6-9,19H2,1-5H3,(H,21,24)(H,22,25). The lowest BCUT2D eigenvalue weighted by atomic mass is 9.85. The van der Waals surface area contributed by atoms with Crippen molar-refractivity contribution >= 4 is 17.7 Å². The fourth-order valence-electron chi connectivity index (χ4n) is 2.72. The van der Waals surface area contributed by atoms with Crippen LogP contribution < -0.4 is 16.7 Å². The minimum Gasteiger partial charge on any atom is -0.396 e. The maximum Gasteiger partial charge on any atom is 0.272 e. The van der Waals surface area contributed by atoms with E-state index in [9.17, 15) is 14.7 Å². The molecule has 9 heteroatoms. The molecule has 0 heterocycles. The molecule has 0 bridgehead atoms. The summed E-state index contributed by atoms with van der Waals surface area (Å²) in [5, 5.41) is 21.8. The molecule has 1 saturated carbocycles. The quantitative estimate of drug-likeness (QED) is 0.171. The van der Waals surface area contributed by atoms with E-state index in [1.807, 2.05) is 34.6 Å². The number of amides is 2. The number of hydrogen-bond donors (Lipinski definition) is 5. The Labute approximate surface area is 160 Å². The molecule has 1 rings (SSSR count). The highest BCUT2D eigenvalue weighted by Gasteiger charge is 2.36. The van der Waals surface area contributed by atoms with Gasteiger partial charge in [0.15, 0.2) is 0 Å². The Morgan fingerprint density at radius 3 is 2.26 bits per heavy atom. The zero-order valence-electron chi connectivity index (χ0n) is 16.9. The van der Waals surface area contributed by atoms with Crippen LogP contribution in [0.25, 0.3) is 0 Å². The van der Waals surface area contributed by atoms with Crippen molar-refractivity contribution in [2.45, 2.75) is 66.0 Å². The molecule has 0 aliphatic heterocycles. The Balaban J connectivity index is 2.92. The zero-order chi connectivity index (χ0) is 20.8. The molecule has 1 aliphatic carbocycles. The van der Waals surface area contributed by atoms with Gasteiger partial charge in [-0.3, -0.25) is 19.8 Å². The molecular formula is C18H34N4O5. The van der Waals surface area contributed by atoms with Crippen molar-refractivity contribution < 1.29 is 24.7 Å². The average molecular weight is 386 g/mol. The normalized spacial score (nSPS) is 18.6. The minimum absolute atomic E-state index is 0.0695. The topological polar surface area (TPSA) is 146 Å². The molecule has 0 aromatic rings. The van der Waals surface area contributed by atoms with Gasteiger partial charge in [0.05, 0.1) is 18.5 Å². The summed E-state index contributed by atoms with van der Waals surface area (Å²) >= 11 is 0. The van der Waals surface area contributed by atoms with Gasteiger partial charge in [-0.2, -0.15) is 5.90 Å². The molecular weight excluding hydrogens is 352 g/mol. The van der Waals surface area contributed by atoms with Crippen molar-refractivity contribution in [1.29, 1.82) is 0 Å². The molecule has 3 atom stereocenters. The predicted molar refractivity (Wildman–Crippen MR) is 101 cm³/mol. The van der Waals surface area contributed by atoms with Gasteiger partial charge in [0, 0.05) is 5.92 Å². The van der Waals surface area contributed by atoms with Crippen molar-refractivity contribution in [1.82, 2.24) is 10.8 Å². The van der Waals surface area contributed by atoms with E-state index < -0.39 is 23.8 Å². The average Bonchev–Trinajstić information content (AvgIpc) is 3.41. The molecule has 3 unspecified atom stereocenters. The van der Waals surface area contributed by atoms with Gasteiger partial charge in [-0.05, 0) is 30.6 Å². The molecule has 156 valence electrons. The van der Waals surface area contributed by atoms with E-state index in [0.717, 1.165) is 12.8 Å². The highest BCUT2D eigenvalue weighted by Crippen LogP contribution is 2.31. The molecule has 6 N–H and O–H groups in total. The Morgan fingerprint density at radius 1 is 1.26 bits per heavy atom. The van der Waals surface area contributed by atoms with Crippen molar-refractivity contribution in [3.05, 3.63) is 0 Å². The Bertz CT molecular complexity index is 540. The van der Waals surface area contributed by atoms with Crippen LogP contribution >= 0.6 is 0 Å². The van der Waals surface area contributed by atoms with Gasteiger partial charge in [-0.25, -0.2) is 5.48 Å². The van der Waals surface area contributed by atoms with E-state index in [2.05, 4.69) is 10.3 Å². The maximum absolute atomic E-state index is 12.8. The van der Waals surface area contributed by atoms with Gasteiger partial charge in [-0.1, -0.05) is 34.6 Å². The summed E-state index contributed by atoms with van der Waals surface area (Å²) in [6.07, 6.45) is 0.624. The van der Waals surface area contributed by atoms with Gasteiger partial charge in [-0.15, -0.1) is 0 Å². The first-order chi connectivity index (χ1) is 12.5.